The summed E-state index contributed by atoms with van der Waals surface area (Å²) in [5, 5.41) is 11.9. The van der Waals surface area contributed by atoms with E-state index in [1.54, 1.807) is 18.3 Å². The predicted octanol–water partition coefficient (Wildman–Crippen LogP) is 5.05. The molecule has 0 aliphatic rings. The quantitative estimate of drug-likeness (QED) is 0.309. The summed E-state index contributed by atoms with van der Waals surface area (Å²) in [5.74, 6) is 2.43. The molecule has 0 spiro atoms. The molecule has 9 heteroatoms. The minimum Gasteiger partial charge on any atom is -0.486 e. The van der Waals surface area contributed by atoms with Gasteiger partial charge < -0.3 is 10.1 Å². The first kappa shape index (κ1) is 23.0. The van der Waals surface area contributed by atoms with Crippen molar-refractivity contribution >= 4 is 39.4 Å². The average molecular weight is 502 g/mol. The number of amides is 1. The van der Waals surface area contributed by atoms with Gasteiger partial charge in [-0.2, -0.15) is 0 Å². The van der Waals surface area contributed by atoms with E-state index in [-0.39, 0.29) is 18.3 Å². The van der Waals surface area contributed by atoms with Crippen molar-refractivity contribution in [2.75, 3.05) is 11.1 Å². The SMILES string of the molecule is C=CCn1c(COc2ccc(C(C)C)cc2)nnc1SCC(=O)Nc1ccc(Br)cn1. The summed E-state index contributed by atoms with van der Waals surface area (Å²) in [4.78, 5) is 16.4. The van der Waals surface area contributed by atoms with Crippen LogP contribution in [0.25, 0.3) is 0 Å². The normalized spacial score (nSPS) is 10.8. The lowest BCUT2D eigenvalue weighted by atomic mass is 10.0. The van der Waals surface area contributed by atoms with Crippen molar-refractivity contribution < 1.29 is 9.53 Å². The summed E-state index contributed by atoms with van der Waals surface area (Å²) in [6.07, 6.45) is 3.40. The van der Waals surface area contributed by atoms with Crippen molar-refractivity contribution in [2.24, 2.45) is 0 Å². The molecule has 1 N–H and O–H groups in total. The van der Waals surface area contributed by atoms with Crippen LogP contribution in [0.4, 0.5) is 5.82 Å². The van der Waals surface area contributed by atoms with Crippen LogP contribution in [0.3, 0.4) is 0 Å². The van der Waals surface area contributed by atoms with Gasteiger partial charge in [0.2, 0.25) is 5.91 Å². The largest absolute Gasteiger partial charge is 0.486 e. The Morgan fingerprint density at radius 2 is 2.03 bits per heavy atom. The fraction of sp³-hybridized carbons (Fsp3) is 0.273. The Kier molecular flexibility index (Phi) is 8.25. The fourth-order valence-corrected chi connectivity index (χ4v) is 3.70. The third kappa shape index (κ3) is 6.67. The number of ether oxygens (including phenoxy) is 1. The van der Waals surface area contributed by atoms with Crippen LogP contribution in [0.15, 0.2) is 64.9 Å². The maximum Gasteiger partial charge on any atom is 0.236 e. The second-order valence-corrected chi connectivity index (χ2v) is 8.87. The second-order valence-electron chi connectivity index (χ2n) is 7.01. The van der Waals surface area contributed by atoms with Crippen LogP contribution in [0.1, 0.15) is 31.2 Å². The third-order valence-corrected chi connectivity index (χ3v) is 5.78. The number of nitrogens with one attached hydrogen (secondary N) is 1. The number of anilines is 1. The topological polar surface area (TPSA) is 81.9 Å². The molecule has 0 unspecified atom stereocenters. The van der Waals surface area contributed by atoms with E-state index in [9.17, 15) is 4.79 Å². The molecule has 0 aliphatic heterocycles. The number of rotatable bonds is 10. The van der Waals surface area contributed by atoms with Crippen LogP contribution < -0.4 is 10.1 Å². The first-order valence-corrected chi connectivity index (χ1v) is 11.5. The molecule has 0 bridgehead atoms. The monoisotopic (exact) mass is 501 g/mol. The summed E-state index contributed by atoms with van der Waals surface area (Å²) in [6, 6.07) is 11.6. The maximum absolute atomic E-state index is 12.2. The van der Waals surface area contributed by atoms with Crippen molar-refractivity contribution in [1.29, 1.82) is 0 Å². The zero-order chi connectivity index (χ0) is 22.2. The molecule has 2 heterocycles. The molecule has 162 valence electrons. The highest BCUT2D eigenvalue weighted by Crippen LogP contribution is 2.21. The Morgan fingerprint density at radius 1 is 1.26 bits per heavy atom. The minimum absolute atomic E-state index is 0.170. The first-order valence-electron chi connectivity index (χ1n) is 9.76. The number of carbonyl (C=O) groups is 1. The van der Waals surface area contributed by atoms with Crippen LogP contribution in [0, 0.1) is 0 Å². The van der Waals surface area contributed by atoms with Gasteiger partial charge in [-0.05, 0) is 51.7 Å². The zero-order valence-electron chi connectivity index (χ0n) is 17.4. The molecular formula is C22H24BrN5O2S. The molecular weight excluding hydrogens is 478 g/mol. The Bertz CT molecular complexity index is 1020. The van der Waals surface area contributed by atoms with E-state index < -0.39 is 0 Å². The first-order chi connectivity index (χ1) is 15.0. The van der Waals surface area contributed by atoms with Crippen LogP contribution in [0.5, 0.6) is 5.75 Å². The number of thioether (sulfide) groups is 1. The van der Waals surface area contributed by atoms with Crippen molar-refractivity contribution in [3.05, 3.63) is 71.1 Å². The smallest absolute Gasteiger partial charge is 0.236 e. The molecule has 7 nitrogen and oxygen atoms in total. The van der Waals surface area contributed by atoms with Crippen LogP contribution in [-0.2, 0) is 17.9 Å². The molecule has 1 aromatic carbocycles. The summed E-state index contributed by atoms with van der Waals surface area (Å²) in [5.41, 5.74) is 1.26. The number of allylic oxidation sites excluding steroid dienone is 1. The summed E-state index contributed by atoms with van der Waals surface area (Å²) in [6.45, 7) is 8.91. The van der Waals surface area contributed by atoms with E-state index in [4.69, 9.17) is 4.74 Å². The third-order valence-electron chi connectivity index (χ3n) is 4.35. The molecule has 3 aromatic rings. The van der Waals surface area contributed by atoms with E-state index in [1.165, 1.54) is 17.3 Å². The van der Waals surface area contributed by atoms with Gasteiger partial charge in [0.05, 0.1) is 5.75 Å². The number of nitrogens with zero attached hydrogens (tertiary/aromatic N) is 4. The van der Waals surface area contributed by atoms with Gasteiger partial charge in [-0.15, -0.1) is 16.8 Å². The Morgan fingerprint density at radius 3 is 2.68 bits per heavy atom. The minimum atomic E-state index is -0.170. The second kappa shape index (κ2) is 11.1. The molecule has 0 radical (unpaired) electrons. The number of aromatic nitrogens is 4. The fourth-order valence-electron chi connectivity index (χ4n) is 2.70. The van der Waals surface area contributed by atoms with Crippen molar-refractivity contribution in [3.63, 3.8) is 0 Å². The Hall–Kier alpha value is -2.65. The van der Waals surface area contributed by atoms with Gasteiger partial charge in [0.25, 0.3) is 0 Å². The molecule has 3 rings (SSSR count). The maximum atomic E-state index is 12.2. The standard InChI is InChI=1S/C22H24BrN5O2S/c1-4-11-28-20(13-30-18-8-5-16(6-9-18)15(2)3)26-27-22(28)31-14-21(29)25-19-10-7-17(23)12-24-19/h4-10,12,15H,1,11,13-14H2,2-3H3,(H,24,25,29). The molecule has 0 fully saturated rings. The Labute approximate surface area is 194 Å². The van der Waals surface area contributed by atoms with E-state index in [0.717, 1.165) is 10.2 Å². The van der Waals surface area contributed by atoms with Gasteiger partial charge in [-0.3, -0.25) is 9.36 Å². The van der Waals surface area contributed by atoms with E-state index in [0.29, 0.717) is 29.3 Å². The Balaban J connectivity index is 1.59. The van der Waals surface area contributed by atoms with Crippen LogP contribution in [0.2, 0.25) is 0 Å². The number of hydrogen-bond donors (Lipinski definition) is 1. The van der Waals surface area contributed by atoms with Gasteiger partial charge in [-0.25, -0.2) is 4.98 Å². The lowest BCUT2D eigenvalue weighted by molar-refractivity contribution is -0.113. The molecule has 2 aromatic heterocycles. The number of carbonyl (C=O) groups excluding carboxylic acids is 1. The molecule has 0 atom stereocenters. The molecule has 31 heavy (non-hydrogen) atoms. The lowest BCUT2D eigenvalue weighted by Crippen LogP contribution is -2.15. The van der Waals surface area contributed by atoms with Gasteiger partial charge in [0, 0.05) is 17.2 Å². The van der Waals surface area contributed by atoms with Crippen LogP contribution >= 0.6 is 27.7 Å². The van der Waals surface area contributed by atoms with Crippen molar-refractivity contribution in [1.82, 2.24) is 19.7 Å². The molecule has 0 saturated carbocycles. The lowest BCUT2D eigenvalue weighted by Gasteiger charge is -2.10. The number of pyridine rings is 1. The number of hydrogen-bond acceptors (Lipinski definition) is 6. The summed E-state index contributed by atoms with van der Waals surface area (Å²) < 4.78 is 8.63. The van der Waals surface area contributed by atoms with Gasteiger partial charge in [-0.1, -0.05) is 43.8 Å². The van der Waals surface area contributed by atoms with Gasteiger partial charge in [0.1, 0.15) is 18.2 Å². The van der Waals surface area contributed by atoms with Gasteiger partial charge in [0.15, 0.2) is 11.0 Å². The predicted molar refractivity (Wildman–Crippen MR) is 126 cm³/mol. The van der Waals surface area contributed by atoms with Crippen LogP contribution in [-0.4, -0.2) is 31.4 Å². The highest BCUT2D eigenvalue weighted by Gasteiger charge is 2.14. The summed E-state index contributed by atoms with van der Waals surface area (Å²) in [7, 11) is 0. The molecule has 0 saturated heterocycles. The average Bonchev–Trinajstić information content (AvgIpc) is 3.14. The van der Waals surface area contributed by atoms with Crippen molar-refractivity contribution in [3.8, 4) is 5.75 Å². The van der Waals surface area contributed by atoms with Crippen molar-refractivity contribution in [2.45, 2.75) is 38.1 Å². The number of benzene rings is 1. The van der Waals surface area contributed by atoms with E-state index in [1.807, 2.05) is 22.8 Å². The highest BCUT2D eigenvalue weighted by atomic mass is 79.9. The zero-order valence-corrected chi connectivity index (χ0v) is 19.8. The molecule has 0 aliphatic carbocycles. The summed E-state index contributed by atoms with van der Waals surface area (Å²) >= 11 is 4.62. The number of halogens is 1. The van der Waals surface area contributed by atoms with E-state index in [2.05, 4.69) is 69.0 Å². The molecule has 1 amide bonds. The van der Waals surface area contributed by atoms with E-state index >= 15 is 0 Å². The highest BCUT2D eigenvalue weighted by molar-refractivity contribution is 9.10. The van der Waals surface area contributed by atoms with Gasteiger partial charge >= 0.3 is 0 Å².